The van der Waals surface area contributed by atoms with Gasteiger partial charge < -0.3 is 0 Å². The summed E-state index contributed by atoms with van der Waals surface area (Å²) in [6.45, 7) is 12.1. The fourth-order valence-corrected chi connectivity index (χ4v) is 1.53. The predicted molar refractivity (Wildman–Crippen MR) is 70.6 cm³/mol. The minimum absolute atomic E-state index is 0.0301. The highest BCUT2D eigenvalue weighted by Gasteiger charge is 2.13. The topological polar surface area (TPSA) is 66.0 Å². The van der Waals surface area contributed by atoms with E-state index in [9.17, 15) is 14.4 Å². The molecule has 6 nitrogen and oxygen atoms in total. The zero-order valence-electron chi connectivity index (χ0n) is 10.3. The van der Waals surface area contributed by atoms with Gasteiger partial charge in [0.2, 0.25) is 0 Å². The highest BCUT2D eigenvalue weighted by molar-refractivity contribution is 5.36. The quantitative estimate of drug-likeness (QED) is 0.692. The van der Waals surface area contributed by atoms with Crippen molar-refractivity contribution < 1.29 is 0 Å². The molecule has 0 spiro atoms. The Morgan fingerprint density at radius 2 is 1.39 bits per heavy atom. The molecule has 0 aliphatic carbocycles. The van der Waals surface area contributed by atoms with E-state index < -0.39 is 17.1 Å². The lowest BCUT2D eigenvalue weighted by Gasteiger charge is -2.11. The Morgan fingerprint density at radius 3 is 1.67 bits per heavy atom. The normalized spacial score (nSPS) is 10.1. The highest BCUT2D eigenvalue weighted by Crippen LogP contribution is 1.88. The average Bonchev–Trinajstić information content (AvgIpc) is 2.30. The largest absolute Gasteiger partial charge is 0.340 e. The third-order valence-corrected chi connectivity index (χ3v) is 2.31. The van der Waals surface area contributed by atoms with Crippen LogP contribution in [0.4, 0.5) is 0 Å². The Labute approximate surface area is 103 Å². The predicted octanol–water partition coefficient (Wildman–Crippen LogP) is 0.0343. The molecule has 0 amide bonds. The van der Waals surface area contributed by atoms with Crippen LogP contribution in [0.2, 0.25) is 0 Å². The molecule has 0 aliphatic heterocycles. The van der Waals surface area contributed by atoms with Crippen LogP contribution in [0.1, 0.15) is 6.92 Å². The van der Waals surface area contributed by atoms with Crippen LogP contribution < -0.4 is 17.1 Å². The Bertz CT molecular complexity index is 625. The summed E-state index contributed by atoms with van der Waals surface area (Å²) in [5.41, 5.74) is -1.85. The zero-order chi connectivity index (χ0) is 13.9. The molecule has 0 N–H and O–H groups in total. The molecule has 1 aromatic heterocycles. The molecule has 18 heavy (non-hydrogen) atoms. The van der Waals surface area contributed by atoms with E-state index in [1.165, 1.54) is 19.1 Å². The minimum atomic E-state index is -0.710. The van der Waals surface area contributed by atoms with Crippen LogP contribution in [0.5, 0.6) is 0 Å². The van der Waals surface area contributed by atoms with E-state index >= 15 is 0 Å². The number of rotatable bonds is 5. The van der Waals surface area contributed by atoms with Crippen molar-refractivity contribution in [3.63, 3.8) is 0 Å². The van der Waals surface area contributed by atoms with E-state index in [4.69, 9.17) is 0 Å². The molecule has 0 atom stereocenters. The van der Waals surface area contributed by atoms with Gasteiger partial charge in [-0.25, -0.2) is 28.1 Å². The van der Waals surface area contributed by atoms with Gasteiger partial charge in [-0.3, -0.25) is 0 Å². The van der Waals surface area contributed by atoms with Crippen molar-refractivity contribution in [2.45, 2.75) is 20.0 Å². The van der Waals surface area contributed by atoms with Gasteiger partial charge in [0.25, 0.3) is 0 Å². The third kappa shape index (κ3) is 2.17. The Kier molecular flexibility index (Phi) is 4.04. The van der Waals surface area contributed by atoms with Crippen LogP contribution in [0.25, 0.3) is 5.70 Å². The molecule has 0 aromatic carbocycles. The zero-order valence-corrected chi connectivity index (χ0v) is 10.3. The van der Waals surface area contributed by atoms with Gasteiger partial charge in [-0.15, -0.1) is 13.2 Å². The molecule has 1 heterocycles. The van der Waals surface area contributed by atoms with Gasteiger partial charge in [-0.1, -0.05) is 18.7 Å². The second kappa shape index (κ2) is 5.31. The van der Waals surface area contributed by atoms with Crippen LogP contribution in [-0.4, -0.2) is 13.7 Å². The van der Waals surface area contributed by atoms with Gasteiger partial charge in [0, 0.05) is 5.70 Å². The lowest BCUT2D eigenvalue weighted by Crippen LogP contribution is -2.53. The van der Waals surface area contributed by atoms with Crippen molar-refractivity contribution in [1.29, 1.82) is 0 Å². The maximum atomic E-state index is 12.0. The molecular weight excluding hydrogens is 234 g/mol. The molecule has 0 saturated heterocycles. The van der Waals surface area contributed by atoms with Gasteiger partial charge in [0.1, 0.15) is 0 Å². The maximum absolute atomic E-state index is 12.0. The van der Waals surface area contributed by atoms with Crippen molar-refractivity contribution in [2.24, 2.45) is 0 Å². The SMILES string of the molecule is C=CCn1c(=O)n(CC=C)c(=O)n(C(=C)C)c1=O. The van der Waals surface area contributed by atoms with Gasteiger partial charge in [0.15, 0.2) is 0 Å². The molecule has 0 radical (unpaired) electrons. The first-order valence-electron chi connectivity index (χ1n) is 5.30. The van der Waals surface area contributed by atoms with Gasteiger partial charge >= 0.3 is 17.1 Å². The number of aromatic nitrogens is 3. The summed E-state index contributed by atoms with van der Waals surface area (Å²) < 4.78 is 2.70. The van der Waals surface area contributed by atoms with E-state index in [1.54, 1.807) is 0 Å². The number of hydrogen-bond donors (Lipinski definition) is 0. The molecule has 0 saturated carbocycles. The van der Waals surface area contributed by atoms with Crippen molar-refractivity contribution in [3.8, 4) is 0 Å². The first kappa shape index (κ1) is 13.7. The average molecular weight is 249 g/mol. The summed E-state index contributed by atoms with van der Waals surface area (Å²) in [4.78, 5) is 35.9. The molecule has 6 heteroatoms. The third-order valence-electron chi connectivity index (χ3n) is 2.31. The van der Waals surface area contributed by atoms with Crippen molar-refractivity contribution >= 4 is 5.70 Å². The molecule has 0 unspecified atom stereocenters. The maximum Gasteiger partial charge on any atom is 0.340 e. The van der Waals surface area contributed by atoms with Gasteiger partial charge in [0.05, 0.1) is 13.1 Å². The number of nitrogens with zero attached hydrogens (tertiary/aromatic N) is 3. The van der Waals surface area contributed by atoms with Crippen molar-refractivity contribution in [2.75, 3.05) is 0 Å². The minimum Gasteiger partial charge on any atom is -0.247 e. The fraction of sp³-hybridized carbons (Fsp3) is 0.250. The van der Waals surface area contributed by atoms with Crippen LogP contribution in [0, 0.1) is 0 Å². The monoisotopic (exact) mass is 249 g/mol. The van der Waals surface area contributed by atoms with Crippen LogP contribution in [-0.2, 0) is 13.1 Å². The summed E-state index contributed by atoms with van der Waals surface area (Å²) >= 11 is 0. The van der Waals surface area contributed by atoms with E-state index in [-0.39, 0.29) is 18.8 Å². The van der Waals surface area contributed by atoms with Crippen LogP contribution >= 0.6 is 0 Å². The van der Waals surface area contributed by atoms with E-state index in [0.717, 1.165) is 13.7 Å². The van der Waals surface area contributed by atoms with Gasteiger partial charge in [-0.05, 0) is 6.92 Å². The molecular formula is C12H15N3O3. The smallest absolute Gasteiger partial charge is 0.247 e. The lowest BCUT2D eigenvalue weighted by atomic mass is 10.5. The second-order valence-corrected chi connectivity index (χ2v) is 3.72. The molecule has 0 aliphatic rings. The van der Waals surface area contributed by atoms with Crippen LogP contribution in [0.3, 0.4) is 0 Å². The second-order valence-electron chi connectivity index (χ2n) is 3.72. The molecule has 0 fully saturated rings. The Morgan fingerprint density at radius 1 is 1.00 bits per heavy atom. The summed E-state index contributed by atoms with van der Waals surface area (Å²) in [6.07, 6.45) is 2.82. The first-order valence-corrected chi connectivity index (χ1v) is 5.30. The lowest BCUT2D eigenvalue weighted by molar-refractivity contribution is 0.543. The first-order chi connectivity index (χ1) is 8.45. The Hall–Kier alpha value is -2.37. The summed E-state index contributed by atoms with van der Waals surface area (Å²) in [6, 6.07) is 0. The van der Waals surface area contributed by atoms with Gasteiger partial charge in [-0.2, -0.15) is 0 Å². The van der Waals surface area contributed by atoms with Crippen LogP contribution in [0.15, 0.2) is 46.3 Å². The Balaban J connectivity index is 3.87. The van der Waals surface area contributed by atoms with Crippen molar-refractivity contribution in [3.05, 3.63) is 63.3 Å². The summed E-state index contributed by atoms with van der Waals surface area (Å²) in [5.74, 6) is 0. The highest BCUT2D eigenvalue weighted by atomic mass is 16.2. The van der Waals surface area contributed by atoms with E-state index in [0.29, 0.717) is 0 Å². The summed E-state index contributed by atoms with van der Waals surface area (Å²) in [5, 5.41) is 0. The molecule has 0 bridgehead atoms. The van der Waals surface area contributed by atoms with Crippen molar-refractivity contribution in [1.82, 2.24) is 13.7 Å². The van der Waals surface area contributed by atoms with E-state index in [1.807, 2.05) is 0 Å². The summed E-state index contributed by atoms with van der Waals surface area (Å²) in [7, 11) is 0. The fourth-order valence-electron chi connectivity index (χ4n) is 1.53. The van der Waals surface area contributed by atoms with E-state index in [2.05, 4.69) is 19.7 Å². The molecule has 1 aromatic rings. The molecule has 96 valence electrons. The number of allylic oxidation sites excluding steroid dienone is 3. The standard InChI is InChI=1S/C12H15N3O3/c1-5-7-13-10(16)14(8-6-2)12(18)15(9(3)4)11(13)17/h5-6H,1-3,7-8H2,4H3. The number of hydrogen-bond acceptors (Lipinski definition) is 3. The molecule has 1 rings (SSSR count).